The molecule has 0 spiro atoms. The molecule has 170 valence electrons. The summed E-state index contributed by atoms with van der Waals surface area (Å²) in [6.07, 6.45) is 2.95. The molecule has 4 rings (SSSR count). The first-order valence-electron chi connectivity index (χ1n) is 11.0. The monoisotopic (exact) mass is 440 g/mol. The lowest BCUT2D eigenvalue weighted by molar-refractivity contribution is 0.191. The number of hydrogen-bond donors (Lipinski definition) is 2. The van der Waals surface area contributed by atoms with Crippen molar-refractivity contribution in [3.63, 3.8) is 0 Å². The normalized spacial score (nSPS) is 15.9. The van der Waals surface area contributed by atoms with E-state index in [0.717, 1.165) is 67.0 Å². The number of anilines is 1. The molecule has 2 N–H and O–H groups in total. The van der Waals surface area contributed by atoms with Gasteiger partial charge in [-0.3, -0.25) is 0 Å². The van der Waals surface area contributed by atoms with Crippen molar-refractivity contribution >= 4 is 22.4 Å². The van der Waals surface area contributed by atoms with Gasteiger partial charge in [-0.15, -0.1) is 0 Å². The van der Waals surface area contributed by atoms with Crippen molar-refractivity contribution in [3.05, 3.63) is 53.5 Å². The number of fused-ring (bicyclic) bond motifs is 1. The number of hydrogen-bond acceptors (Lipinski definition) is 7. The molecule has 1 aliphatic rings. The molecule has 7 nitrogen and oxygen atoms in total. The summed E-state index contributed by atoms with van der Waals surface area (Å²) in [7, 11) is 1.84. The van der Waals surface area contributed by atoms with Gasteiger partial charge in [0.2, 0.25) is 0 Å². The molecule has 3 aromatic rings. The molecule has 0 atom stereocenters. The van der Waals surface area contributed by atoms with Crippen LogP contribution in [0.5, 0.6) is 5.75 Å². The molecule has 1 aromatic heterocycles. The zero-order valence-corrected chi connectivity index (χ0v) is 18.5. The van der Waals surface area contributed by atoms with Gasteiger partial charge in [-0.25, -0.2) is 4.39 Å². The van der Waals surface area contributed by atoms with E-state index in [-0.39, 0.29) is 5.82 Å². The molecule has 0 aliphatic carbocycles. The van der Waals surface area contributed by atoms with Crippen LogP contribution in [0.3, 0.4) is 0 Å². The molecule has 0 bridgehead atoms. The predicted molar refractivity (Wildman–Crippen MR) is 122 cm³/mol. The third-order valence-corrected chi connectivity index (χ3v) is 6.13. The third kappa shape index (κ3) is 4.85. The molecule has 1 aliphatic heterocycles. The summed E-state index contributed by atoms with van der Waals surface area (Å²) in [6.45, 7) is 5.34. The second-order valence-corrected chi connectivity index (χ2v) is 8.17. The van der Waals surface area contributed by atoms with Crippen molar-refractivity contribution in [2.24, 2.45) is 5.16 Å². The van der Waals surface area contributed by atoms with E-state index in [1.54, 1.807) is 13.0 Å². The summed E-state index contributed by atoms with van der Waals surface area (Å²) >= 11 is 0. The Kier molecular flexibility index (Phi) is 6.90. The van der Waals surface area contributed by atoms with Crippen LogP contribution >= 0.6 is 0 Å². The molecule has 1 fully saturated rings. The minimum atomic E-state index is -0.302. The second kappa shape index (κ2) is 9.99. The van der Waals surface area contributed by atoms with Crippen molar-refractivity contribution in [2.75, 3.05) is 38.6 Å². The fourth-order valence-electron chi connectivity index (χ4n) is 4.26. The summed E-state index contributed by atoms with van der Waals surface area (Å²) in [5, 5.41) is 20.5. The molecule has 2 heterocycles. The number of rotatable bonds is 8. The highest BCUT2D eigenvalue weighted by atomic mass is 19.1. The first-order chi connectivity index (χ1) is 15.6. The molecule has 0 radical (unpaired) electrons. The van der Waals surface area contributed by atoms with Crippen LogP contribution in [0.4, 0.5) is 10.1 Å². The van der Waals surface area contributed by atoms with E-state index in [2.05, 4.69) is 20.5 Å². The van der Waals surface area contributed by atoms with E-state index in [4.69, 9.17) is 14.5 Å². The van der Waals surface area contributed by atoms with Gasteiger partial charge in [-0.1, -0.05) is 10.3 Å². The molecule has 2 aromatic carbocycles. The topological polar surface area (TPSA) is 83.1 Å². The summed E-state index contributed by atoms with van der Waals surface area (Å²) in [6, 6.07) is 10.3. The zero-order valence-electron chi connectivity index (χ0n) is 18.5. The van der Waals surface area contributed by atoms with E-state index in [0.29, 0.717) is 23.8 Å². The molecular weight excluding hydrogens is 411 g/mol. The maximum atomic E-state index is 13.4. The Bertz CT molecular complexity index is 1090. The predicted octanol–water partition coefficient (Wildman–Crippen LogP) is 4.86. The number of aromatic nitrogens is 1. The van der Waals surface area contributed by atoms with Crippen LogP contribution in [0.1, 0.15) is 43.4 Å². The van der Waals surface area contributed by atoms with Crippen LogP contribution in [-0.4, -0.2) is 54.3 Å². The molecule has 0 saturated carbocycles. The lowest BCUT2D eigenvalue weighted by Crippen LogP contribution is -2.34. The van der Waals surface area contributed by atoms with Crippen molar-refractivity contribution in [1.29, 1.82) is 0 Å². The van der Waals surface area contributed by atoms with Gasteiger partial charge in [0.05, 0.1) is 23.7 Å². The van der Waals surface area contributed by atoms with E-state index >= 15 is 0 Å². The van der Waals surface area contributed by atoms with Gasteiger partial charge in [0, 0.05) is 36.5 Å². The Hall–Kier alpha value is -3.13. The van der Waals surface area contributed by atoms with Crippen molar-refractivity contribution in [3.8, 4) is 5.75 Å². The van der Waals surface area contributed by atoms with Crippen LogP contribution in [0.25, 0.3) is 11.0 Å². The van der Waals surface area contributed by atoms with Crippen molar-refractivity contribution in [1.82, 2.24) is 10.1 Å². The summed E-state index contributed by atoms with van der Waals surface area (Å²) in [5.41, 5.74) is 3.74. The Morgan fingerprint density at radius 1 is 1.28 bits per heavy atom. The van der Waals surface area contributed by atoms with Gasteiger partial charge in [-0.2, -0.15) is 0 Å². The molecule has 0 amide bonds. The maximum absolute atomic E-state index is 13.4. The lowest BCUT2D eigenvalue weighted by atomic mass is 9.91. The Morgan fingerprint density at radius 3 is 2.84 bits per heavy atom. The van der Waals surface area contributed by atoms with Crippen LogP contribution in [0, 0.1) is 5.82 Å². The Morgan fingerprint density at radius 2 is 2.09 bits per heavy atom. The second-order valence-electron chi connectivity index (χ2n) is 8.17. The largest absolute Gasteiger partial charge is 0.491 e. The highest BCUT2D eigenvalue weighted by Crippen LogP contribution is 2.33. The number of ether oxygens (including phenoxy) is 1. The Labute approximate surface area is 186 Å². The quantitative estimate of drug-likeness (QED) is 0.225. The summed E-state index contributed by atoms with van der Waals surface area (Å²) in [5.74, 6) is 0.830. The number of nitrogens with one attached hydrogen (secondary N) is 1. The SMILES string of the molecule is CNc1cc(C(C)=NO)ccc1OCCCN1CCC(c2noc3cc(F)ccc23)CC1. The lowest BCUT2D eigenvalue weighted by Gasteiger charge is -2.31. The van der Waals surface area contributed by atoms with E-state index in [9.17, 15) is 4.39 Å². The molecule has 32 heavy (non-hydrogen) atoms. The minimum Gasteiger partial charge on any atom is -0.491 e. The van der Waals surface area contributed by atoms with Gasteiger partial charge in [0.1, 0.15) is 11.6 Å². The first kappa shape index (κ1) is 22.1. The van der Waals surface area contributed by atoms with Crippen LogP contribution < -0.4 is 10.1 Å². The molecule has 8 heteroatoms. The van der Waals surface area contributed by atoms with Gasteiger partial charge < -0.3 is 24.7 Å². The number of likely N-dealkylation sites (tertiary alicyclic amines) is 1. The van der Waals surface area contributed by atoms with Crippen molar-refractivity contribution in [2.45, 2.75) is 32.1 Å². The highest BCUT2D eigenvalue weighted by Gasteiger charge is 2.25. The number of piperidine rings is 1. The standard InChI is InChI=1S/C24H29FN4O3/c1-16(27-30)18-4-7-22(21(14-18)26-2)31-13-3-10-29-11-8-17(9-12-29)24-20-6-5-19(25)15-23(20)32-28-24/h4-7,14-15,17,26,30H,3,8-13H2,1-2H3. The van der Waals surface area contributed by atoms with Gasteiger partial charge in [-0.05, 0) is 69.6 Å². The molecule has 1 saturated heterocycles. The van der Waals surface area contributed by atoms with Crippen LogP contribution in [0.15, 0.2) is 46.1 Å². The number of oxime groups is 1. The fourth-order valence-corrected chi connectivity index (χ4v) is 4.26. The number of halogens is 1. The average Bonchev–Trinajstić information content (AvgIpc) is 3.24. The molecule has 0 unspecified atom stereocenters. The van der Waals surface area contributed by atoms with Gasteiger partial charge in [0.15, 0.2) is 5.58 Å². The van der Waals surface area contributed by atoms with Crippen molar-refractivity contribution < 1.29 is 18.9 Å². The minimum absolute atomic E-state index is 0.302. The smallest absolute Gasteiger partial charge is 0.170 e. The van der Waals surface area contributed by atoms with E-state index in [1.807, 2.05) is 25.2 Å². The highest BCUT2D eigenvalue weighted by molar-refractivity contribution is 5.99. The van der Waals surface area contributed by atoms with E-state index in [1.165, 1.54) is 12.1 Å². The fraction of sp³-hybridized carbons (Fsp3) is 0.417. The number of nitrogens with zero attached hydrogens (tertiary/aromatic N) is 3. The summed E-state index contributed by atoms with van der Waals surface area (Å²) in [4.78, 5) is 2.45. The van der Waals surface area contributed by atoms with E-state index < -0.39 is 0 Å². The van der Waals surface area contributed by atoms with Gasteiger partial charge in [0.25, 0.3) is 0 Å². The average molecular weight is 441 g/mol. The molecular formula is C24H29FN4O3. The van der Waals surface area contributed by atoms with Crippen LogP contribution in [0.2, 0.25) is 0 Å². The van der Waals surface area contributed by atoms with Gasteiger partial charge >= 0.3 is 0 Å². The maximum Gasteiger partial charge on any atom is 0.170 e. The Balaban J connectivity index is 1.24. The number of benzene rings is 2. The first-order valence-corrected chi connectivity index (χ1v) is 11.0. The van der Waals surface area contributed by atoms with Crippen LogP contribution in [-0.2, 0) is 0 Å². The third-order valence-electron chi connectivity index (χ3n) is 6.13. The zero-order chi connectivity index (χ0) is 22.5. The summed E-state index contributed by atoms with van der Waals surface area (Å²) < 4.78 is 24.7.